The third kappa shape index (κ3) is 18.6. The van der Waals surface area contributed by atoms with Gasteiger partial charge in [-0.3, -0.25) is 9.59 Å². The summed E-state index contributed by atoms with van der Waals surface area (Å²) >= 11 is 0. The lowest BCUT2D eigenvalue weighted by atomic mass is 9.82. The van der Waals surface area contributed by atoms with Crippen molar-refractivity contribution in [1.82, 2.24) is 0 Å². The normalized spacial score (nSPS) is 42.0. The minimum atomic E-state index is -2.33. The fourth-order valence-electron chi connectivity index (χ4n) is 7.97. The van der Waals surface area contributed by atoms with Gasteiger partial charge in [-0.1, -0.05) is 98.9 Å². The van der Waals surface area contributed by atoms with Gasteiger partial charge < -0.3 is 80.9 Å². The molecule has 2 bridgehead atoms. The van der Waals surface area contributed by atoms with E-state index in [0.29, 0.717) is 0 Å². The van der Waals surface area contributed by atoms with Gasteiger partial charge in [0.05, 0.1) is 79.6 Å². The number of carboxylic acid groups (broad SMARTS) is 1. The van der Waals surface area contributed by atoms with Crippen LogP contribution in [0.5, 0.6) is 0 Å². The van der Waals surface area contributed by atoms with Crippen LogP contribution in [-0.4, -0.2) is 166 Å². The number of carbonyl (C=O) groups excluding carboxylic acids is 1. The summed E-state index contributed by atoms with van der Waals surface area (Å²) in [5.74, 6) is -6.83. The standard InChI is InChI=1S/C47H73NO17/c1-27-17-15-13-11-9-7-5-6-8-10-12-14-16-18-34(64-46-44(58)41(48)43(57)30(4)63-46)24-38-40(45(59)60)37(54)26-47(61,65-38)25-33(51)22-36(53)35(52)20-19-31(49)21-32(50)23-39(55)62-29(3)28(2)42(27)56/h5-18,27-38,40-44,46,49-54,56-58,61H,19-26,48H2,1-4H3,(H,59,60)/t27-,28-,29-,30+,31+,32+,33-,34-,35+,36+,37-,38-,40+,41-,42+,43+,44-,46-,47+/m1/s1. The van der Waals surface area contributed by atoms with Crippen LogP contribution in [0.2, 0.25) is 0 Å². The second kappa shape index (κ2) is 27.4. The van der Waals surface area contributed by atoms with E-state index < -0.39 is 147 Å². The Kier molecular flexibility index (Phi) is 23.6. The average Bonchev–Trinajstić information content (AvgIpc) is 3.21. The van der Waals surface area contributed by atoms with Gasteiger partial charge in [-0.25, -0.2) is 0 Å². The van der Waals surface area contributed by atoms with Gasteiger partial charge in [0, 0.05) is 37.5 Å². The molecule has 0 aliphatic carbocycles. The summed E-state index contributed by atoms with van der Waals surface area (Å²) in [5, 5.41) is 118. The largest absolute Gasteiger partial charge is 0.481 e. The highest BCUT2D eigenvalue weighted by Crippen LogP contribution is 2.38. The molecule has 19 atom stereocenters. The molecule has 0 aromatic heterocycles. The van der Waals surface area contributed by atoms with E-state index in [1.54, 1.807) is 80.7 Å². The third-order valence-corrected chi connectivity index (χ3v) is 12.0. The number of aliphatic carboxylic acids is 1. The van der Waals surface area contributed by atoms with Crippen LogP contribution in [0.25, 0.3) is 0 Å². The molecule has 0 saturated carbocycles. The number of carboxylic acids is 1. The Morgan fingerprint density at radius 3 is 1.82 bits per heavy atom. The van der Waals surface area contributed by atoms with Crippen LogP contribution in [0.15, 0.2) is 85.1 Å². The van der Waals surface area contributed by atoms with Crippen LogP contribution in [0.4, 0.5) is 0 Å². The van der Waals surface area contributed by atoms with Crippen LogP contribution in [0.1, 0.15) is 79.1 Å². The monoisotopic (exact) mass is 923 g/mol. The summed E-state index contributed by atoms with van der Waals surface area (Å²) in [4.78, 5) is 25.1. The number of rotatable bonds is 3. The predicted octanol–water partition coefficient (Wildman–Crippen LogP) is 0.712. The van der Waals surface area contributed by atoms with Gasteiger partial charge in [0.25, 0.3) is 0 Å². The van der Waals surface area contributed by atoms with Crippen molar-refractivity contribution in [2.75, 3.05) is 0 Å². The second-order valence-electron chi connectivity index (χ2n) is 17.6. The number of aliphatic hydroxyl groups excluding tert-OH is 9. The molecule has 2 fully saturated rings. The second-order valence-corrected chi connectivity index (χ2v) is 17.6. The molecule has 18 nitrogen and oxygen atoms in total. The molecule has 0 radical (unpaired) electrons. The van der Waals surface area contributed by atoms with E-state index in [2.05, 4.69) is 0 Å². The number of hydrogen-bond donors (Lipinski definition) is 12. The first-order valence-electron chi connectivity index (χ1n) is 22.3. The first-order valence-corrected chi connectivity index (χ1v) is 22.3. The molecule has 0 unspecified atom stereocenters. The molecule has 0 amide bonds. The lowest BCUT2D eigenvalue weighted by Crippen LogP contribution is -2.61. The zero-order valence-electron chi connectivity index (χ0n) is 37.6. The van der Waals surface area contributed by atoms with E-state index in [-0.39, 0.29) is 31.6 Å². The van der Waals surface area contributed by atoms with Gasteiger partial charge in [0.1, 0.15) is 18.1 Å². The molecule has 368 valence electrons. The molecule has 0 aromatic carbocycles. The summed E-state index contributed by atoms with van der Waals surface area (Å²) in [6, 6.07) is -1.15. The van der Waals surface area contributed by atoms with Gasteiger partial charge in [0.15, 0.2) is 12.1 Å². The van der Waals surface area contributed by atoms with Crippen molar-refractivity contribution < 1.29 is 84.7 Å². The van der Waals surface area contributed by atoms with E-state index in [4.69, 9.17) is 24.7 Å². The van der Waals surface area contributed by atoms with Crippen LogP contribution in [0, 0.1) is 17.8 Å². The molecule has 3 aliphatic rings. The number of fused-ring (bicyclic) bond motifs is 2. The van der Waals surface area contributed by atoms with Crippen LogP contribution in [-0.2, 0) is 28.5 Å². The maximum absolute atomic E-state index is 12.6. The van der Waals surface area contributed by atoms with E-state index in [9.17, 15) is 65.8 Å². The van der Waals surface area contributed by atoms with Gasteiger partial charge in [0.2, 0.25) is 0 Å². The first kappa shape index (κ1) is 55.9. The van der Waals surface area contributed by atoms with Crippen molar-refractivity contribution >= 4 is 11.9 Å². The number of hydrogen-bond acceptors (Lipinski definition) is 17. The number of carbonyl (C=O) groups is 2. The fraction of sp³-hybridized carbons (Fsp3) is 0.660. The van der Waals surface area contributed by atoms with Crippen molar-refractivity contribution in [2.24, 2.45) is 23.5 Å². The fourth-order valence-corrected chi connectivity index (χ4v) is 7.97. The van der Waals surface area contributed by atoms with Gasteiger partial charge in [-0.15, -0.1) is 0 Å². The molecule has 65 heavy (non-hydrogen) atoms. The van der Waals surface area contributed by atoms with Crippen molar-refractivity contribution in [3.8, 4) is 0 Å². The zero-order valence-corrected chi connectivity index (χ0v) is 37.6. The van der Waals surface area contributed by atoms with E-state index in [1.807, 2.05) is 19.1 Å². The summed E-state index contributed by atoms with van der Waals surface area (Å²) < 4.78 is 23.1. The van der Waals surface area contributed by atoms with Crippen LogP contribution in [0.3, 0.4) is 0 Å². The van der Waals surface area contributed by atoms with E-state index >= 15 is 0 Å². The Hall–Kier alpha value is -3.44. The molecule has 3 heterocycles. The first-order chi connectivity index (χ1) is 30.6. The Bertz CT molecular complexity index is 1670. The van der Waals surface area contributed by atoms with Crippen molar-refractivity contribution in [3.05, 3.63) is 85.1 Å². The molecule has 18 heteroatoms. The SMILES string of the molecule is C[C@H]1[C@@H](O)[C@H](C)C=CC=CC=CC=CC=CC=CC=C[C@@H](O[C@H]2O[C@@H](C)[C@H](O)[C@@H](N)[C@H]2O)C[C@H]2O[C@@](O)(C[C@H](O)C[C@H](O)[C@@H](O)CC[C@H](O)C[C@H](O)CC(=O)O[C@@H]1C)C[C@@H](O)[C@@H]2C(=O)O. The van der Waals surface area contributed by atoms with Crippen LogP contribution >= 0.6 is 0 Å². The van der Waals surface area contributed by atoms with Crippen molar-refractivity contribution in [1.29, 1.82) is 0 Å². The summed E-state index contributed by atoms with van der Waals surface area (Å²) in [6.45, 7) is 6.74. The maximum atomic E-state index is 12.6. The zero-order chi connectivity index (χ0) is 48.4. The number of cyclic esters (lactones) is 1. The van der Waals surface area contributed by atoms with Gasteiger partial charge >= 0.3 is 11.9 Å². The summed E-state index contributed by atoms with van der Waals surface area (Å²) in [5.41, 5.74) is 6.02. The number of nitrogens with two attached hydrogens (primary N) is 1. The van der Waals surface area contributed by atoms with Crippen molar-refractivity contribution in [3.63, 3.8) is 0 Å². The van der Waals surface area contributed by atoms with Crippen molar-refractivity contribution in [2.45, 2.75) is 177 Å². The Balaban J connectivity index is 1.86. The molecular weight excluding hydrogens is 851 g/mol. The molecule has 3 rings (SSSR count). The van der Waals surface area contributed by atoms with Gasteiger partial charge in [-0.05, 0) is 33.1 Å². The Labute approximate surface area is 381 Å². The topological polar surface area (TPSA) is 320 Å². The minimum Gasteiger partial charge on any atom is -0.481 e. The lowest BCUT2D eigenvalue weighted by Gasteiger charge is -2.45. The molecular formula is C47H73NO17. The highest BCUT2D eigenvalue weighted by atomic mass is 16.7. The van der Waals surface area contributed by atoms with Gasteiger partial charge in [-0.2, -0.15) is 0 Å². The number of allylic oxidation sites excluding steroid dienone is 12. The van der Waals surface area contributed by atoms with E-state index in [0.717, 1.165) is 0 Å². The molecule has 2 saturated heterocycles. The lowest BCUT2D eigenvalue weighted by molar-refractivity contribution is -0.308. The molecule has 0 spiro atoms. The highest BCUT2D eigenvalue weighted by molar-refractivity contribution is 5.71. The molecule has 0 aromatic rings. The Morgan fingerprint density at radius 2 is 1.23 bits per heavy atom. The third-order valence-electron chi connectivity index (χ3n) is 12.0. The summed E-state index contributed by atoms with van der Waals surface area (Å²) in [7, 11) is 0. The highest BCUT2D eigenvalue weighted by Gasteiger charge is 2.51. The minimum absolute atomic E-state index is 0.107. The predicted molar refractivity (Wildman–Crippen MR) is 237 cm³/mol. The number of ether oxygens (including phenoxy) is 4. The molecule has 3 aliphatic heterocycles. The quantitative estimate of drug-likeness (QED) is 0.174. The van der Waals surface area contributed by atoms with Crippen LogP contribution < -0.4 is 5.73 Å². The number of esters is 1. The average molecular weight is 924 g/mol. The molecule has 13 N–H and O–H groups in total. The smallest absolute Gasteiger partial charge is 0.311 e. The Morgan fingerprint density at radius 1 is 0.662 bits per heavy atom. The number of aliphatic hydroxyl groups is 10. The van der Waals surface area contributed by atoms with E-state index in [1.165, 1.54) is 13.0 Å². The maximum Gasteiger partial charge on any atom is 0.311 e. The summed E-state index contributed by atoms with van der Waals surface area (Å²) in [6.07, 6.45) is 3.46.